The Morgan fingerprint density at radius 2 is 1.72 bits per heavy atom. The number of hydrogen-bond acceptors (Lipinski definition) is 4. The number of thioether (sulfide) groups is 1. The molecule has 1 aromatic carbocycles. The minimum atomic E-state index is -0.958. The van der Waals surface area contributed by atoms with Crippen LogP contribution >= 0.6 is 11.8 Å². The van der Waals surface area contributed by atoms with Crippen molar-refractivity contribution in [3.05, 3.63) is 35.9 Å². The summed E-state index contributed by atoms with van der Waals surface area (Å²) in [7, 11) is 0. The zero-order valence-electron chi connectivity index (χ0n) is 14.2. The van der Waals surface area contributed by atoms with Gasteiger partial charge in [0.1, 0.15) is 0 Å². The number of amides is 3. The summed E-state index contributed by atoms with van der Waals surface area (Å²) in [6.07, 6.45) is -0.318. The van der Waals surface area contributed by atoms with E-state index in [9.17, 15) is 14.4 Å². The Bertz CT molecular complexity index is 603. The summed E-state index contributed by atoms with van der Waals surface area (Å²) in [5, 5.41) is 12.0. The third-order valence-electron chi connectivity index (χ3n) is 3.98. The Kier molecular flexibility index (Phi) is 7.12. The highest BCUT2D eigenvalue weighted by Gasteiger charge is 2.25. The van der Waals surface area contributed by atoms with E-state index in [0.717, 1.165) is 5.56 Å². The molecule has 1 unspecified atom stereocenters. The molecule has 1 aromatic rings. The number of piperazine rings is 1. The zero-order chi connectivity index (χ0) is 18.2. The fraction of sp³-hybridized carbons (Fsp3) is 0.471. The predicted octanol–water partition coefficient (Wildman–Crippen LogP) is 1.88. The molecule has 25 heavy (non-hydrogen) atoms. The number of hydrogen-bond donors (Lipinski definition) is 2. The average molecular weight is 365 g/mol. The van der Waals surface area contributed by atoms with Gasteiger partial charge < -0.3 is 20.2 Å². The fourth-order valence-electron chi connectivity index (χ4n) is 2.63. The van der Waals surface area contributed by atoms with Crippen LogP contribution in [0.4, 0.5) is 9.59 Å². The first kappa shape index (κ1) is 19.1. The number of nitrogens with one attached hydrogen (secondary N) is 1. The van der Waals surface area contributed by atoms with Crippen molar-refractivity contribution in [3.8, 4) is 0 Å². The molecule has 0 aromatic heterocycles. The van der Waals surface area contributed by atoms with E-state index in [1.807, 2.05) is 30.3 Å². The number of nitrogens with zero attached hydrogens (tertiary/aromatic N) is 2. The molecule has 7 nitrogen and oxygen atoms in total. The van der Waals surface area contributed by atoms with E-state index in [0.29, 0.717) is 38.4 Å². The molecule has 2 rings (SSSR count). The molecule has 1 saturated heterocycles. The quantitative estimate of drug-likeness (QED) is 0.832. The van der Waals surface area contributed by atoms with Crippen molar-refractivity contribution in [2.75, 3.05) is 31.9 Å². The molecule has 8 heteroatoms. The maximum Gasteiger partial charge on any atom is 0.407 e. The number of rotatable bonds is 5. The van der Waals surface area contributed by atoms with Gasteiger partial charge in [0.25, 0.3) is 0 Å². The van der Waals surface area contributed by atoms with E-state index in [4.69, 9.17) is 5.11 Å². The summed E-state index contributed by atoms with van der Waals surface area (Å²) in [6, 6.07) is 9.42. The first-order valence-electron chi connectivity index (χ1n) is 8.16. The van der Waals surface area contributed by atoms with Crippen molar-refractivity contribution >= 4 is 29.0 Å². The number of benzene rings is 1. The van der Waals surface area contributed by atoms with Crippen LogP contribution in [0.2, 0.25) is 0 Å². The van der Waals surface area contributed by atoms with E-state index in [1.165, 1.54) is 23.6 Å². The lowest BCUT2D eigenvalue weighted by molar-refractivity contribution is -0.109. The van der Waals surface area contributed by atoms with Crippen molar-refractivity contribution in [3.63, 3.8) is 0 Å². The first-order valence-corrected chi connectivity index (χ1v) is 9.15. The molecule has 0 aliphatic carbocycles. The van der Waals surface area contributed by atoms with Gasteiger partial charge in [0.15, 0.2) is 5.12 Å². The van der Waals surface area contributed by atoms with Gasteiger partial charge in [-0.05, 0) is 12.0 Å². The Morgan fingerprint density at radius 3 is 2.28 bits per heavy atom. The molecule has 1 aliphatic rings. The molecule has 1 fully saturated rings. The molecule has 2 N–H and O–H groups in total. The third-order valence-corrected chi connectivity index (χ3v) is 4.95. The first-order chi connectivity index (χ1) is 12.0. The summed E-state index contributed by atoms with van der Waals surface area (Å²) in [5.41, 5.74) is 1.09. The number of carboxylic acid groups (broad SMARTS) is 1. The molecule has 1 aliphatic heterocycles. The van der Waals surface area contributed by atoms with Gasteiger partial charge in [-0.25, -0.2) is 9.59 Å². The third kappa shape index (κ3) is 6.30. The van der Waals surface area contributed by atoms with E-state index < -0.39 is 6.09 Å². The van der Waals surface area contributed by atoms with Gasteiger partial charge in [-0.15, -0.1) is 0 Å². The fourth-order valence-corrected chi connectivity index (χ4v) is 3.27. The summed E-state index contributed by atoms with van der Waals surface area (Å²) >= 11 is 1.19. The number of carbonyl (C=O) groups excluding carboxylic acids is 2. The molecule has 1 heterocycles. The normalized spacial score (nSPS) is 15.6. The van der Waals surface area contributed by atoms with E-state index >= 15 is 0 Å². The molecule has 136 valence electrons. The Balaban J connectivity index is 1.92. The number of urea groups is 1. The van der Waals surface area contributed by atoms with Crippen LogP contribution in [-0.4, -0.2) is 70.1 Å². The second-order valence-corrected chi connectivity index (χ2v) is 7.09. The standard InChI is InChI=1S/C17H23N3O4S/c1-13(21)25-12-15(11-14-5-3-2-4-6-14)18-16(22)19-7-9-20(10-8-19)17(23)24/h2-6,15H,7-12H2,1H3,(H,18,22)(H,23,24). The minimum Gasteiger partial charge on any atom is -0.465 e. The Hall–Kier alpha value is -2.22. The minimum absolute atomic E-state index is 0.0161. The van der Waals surface area contributed by atoms with Gasteiger partial charge in [-0.1, -0.05) is 42.1 Å². The highest BCUT2D eigenvalue weighted by Crippen LogP contribution is 2.11. The number of carbonyl (C=O) groups is 3. The van der Waals surface area contributed by atoms with Crippen LogP contribution in [0.3, 0.4) is 0 Å². The summed E-state index contributed by atoms with van der Waals surface area (Å²) in [4.78, 5) is 37.6. The molecular formula is C17H23N3O4S. The second kappa shape index (κ2) is 9.31. The van der Waals surface area contributed by atoms with Crippen molar-refractivity contribution in [1.82, 2.24) is 15.1 Å². The van der Waals surface area contributed by atoms with E-state index in [2.05, 4.69) is 5.32 Å². The van der Waals surface area contributed by atoms with Crippen LogP contribution in [0.5, 0.6) is 0 Å². The van der Waals surface area contributed by atoms with Crippen LogP contribution < -0.4 is 5.32 Å². The largest absolute Gasteiger partial charge is 0.465 e. The van der Waals surface area contributed by atoms with Gasteiger partial charge in [0.2, 0.25) is 0 Å². The van der Waals surface area contributed by atoms with Crippen molar-refractivity contribution in [2.45, 2.75) is 19.4 Å². The second-order valence-electron chi connectivity index (χ2n) is 5.90. The smallest absolute Gasteiger partial charge is 0.407 e. The molecule has 0 spiro atoms. The van der Waals surface area contributed by atoms with Gasteiger partial charge in [0, 0.05) is 44.9 Å². The van der Waals surface area contributed by atoms with Gasteiger partial charge in [-0.3, -0.25) is 4.79 Å². The van der Waals surface area contributed by atoms with Crippen LogP contribution in [0, 0.1) is 0 Å². The SMILES string of the molecule is CC(=O)SCC(Cc1ccccc1)NC(=O)N1CCN(C(=O)O)CC1. The lowest BCUT2D eigenvalue weighted by Gasteiger charge is -2.34. The van der Waals surface area contributed by atoms with Gasteiger partial charge in [-0.2, -0.15) is 0 Å². The van der Waals surface area contributed by atoms with Crippen molar-refractivity contribution in [1.29, 1.82) is 0 Å². The molecular weight excluding hydrogens is 342 g/mol. The lowest BCUT2D eigenvalue weighted by atomic mass is 10.1. The molecule has 0 bridgehead atoms. The van der Waals surface area contributed by atoms with Crippen molar-refractivity contribution < 1.29 is 19.5 Å². The molecule has 0 radical (unpaired) electrons. The monoisotopic (exact) mass is 365 g/mol. The zero-order valence-corrected chi connectivity index (χ0v) is 15.0. The van der Waals surface area contributed by atoms with Crippen LogP contribution in [0.1, 0.15) is 12.5 Å². The maximum atomic E-state index is 12.5. The Labute approximate surface area is 151 Å². The van der Waals surface area contributed by atoms with Crippen molar-refractivity contribution in [2.24, 2.45) is 0 Å². The lowest BCUT2D eigenvalue weighted by Crippen LogP contribution is -2.55. The maximum absolute atomic E-state index is 12.5. The average Bonchev–Trinajstić information content (AvgIpc) is 2.60. The van der Waals surface area contributed by atoms with Crippen LogP contribution in [-0.2, 0) is 11.2 Å². The highest BCUT2D eigenvalue weighted by atomic mass is 32.2. The summed E-state index contributed by atoms with van der Waals surface area (Å²) < 4.78 is 0. The molecule has 1 atom stereocenters. The molecule has 3 amide bonds. The molecule has 0 saturated carbocycles. The predicted molar refractivity (Wildman–Crippen MR) is 96.8 cm³/mol. The van der Waals surface area contributed by atoms with Gasteiger partial charge in [0.05, 0.1) is 0 Å². The van der Waals surface area contributed by atoms with E-state index in [1.54, 1.807) is 4.90 Å². The summed E-state index contributed by atoms with van der Waals surface area (Å²) in [6.45, 7) is 2.88. The van der Waals surface area contributed by atoms with Crippen LogP contribution in [0.25, 0.3) is 0 Å². The Morgan fingerprint density at radius 1 is 1.12 bits per heavy atom. The topological polar surface area (TPSA) is 90.0 Å². The van der Waals surface area contributed by atoms with Crippen LogP contribution in [0.15, 0.2) is 30.3 Å². The highest BCUT2D eigenvalue weighted by molar-refractivity contribution is 8.13. The summed E-state index contributed by atoms with van der Waals surface area (Å²) in [5.74, 6) is 0.505. The van der Waals surface area contributed by atoms with Gasteiger partial charge >= 0.3 is 12.1 Å². The van der Waals surface area contributed by atoms with E-state index in [-0.39, 0.29) is 17.2 Å².